The molecule has 20 heavy (non-hydrogen) atoms. The predicted octanol–water partition coefficient (Wildman–Crippen LogP) is 3.80. The highest BCUT2D eigenvalue weighted by Gasteiger charge is 2.14. The van der Waals surface area contributed by atoms with E-state index in [4.69, 9.17) is 4.74 Å². The van der Waals surface area contributed by atoms with Crippen LogP contribution in [0.2, 0.25) is 0 Å². The number of rotatable bonds is 4. The highest BCUT2D eigenvalue weighted by Crippen LogP contribution is 2.29. The van der Waals surface area contributed by atoms with Crippen molar-refractivity contribution in [2.24, 2.45) is 0 Å². The molecule has 1 unspecified atom stereocenters. The van der Waals surface area contributed by atoms with E-state index in [1.54, 1.807) is 12.3 Å². The second kappa shape index (κ2) is 6.52. The van der Waals surface area contributed by atoms with Gasteiger partial charge in [0.25, 0.3) is 5.91 Å². The van der Waals surface area contributed by atoms with E-state index in [0.717, 1.165) is 11.3 Å². The summed E-state index contributed by atoms with van der Waals surface area (Å²) in [7, 11) is 1.52. The van der Waals surface area contributed by atoms with Crippen LogP contribution in [0.25, 0.3) is 0 Å². The van der Waals surface area contributed by atoms with Gasteiger partial charge in [-0.15, -0.1) is 0 Å². The Bertz CT molecular complexity index is 614. The summed E-state index contributed by atoms with van der Waals surface area (Å²) in [4.78, 5) is 16.4. The summed E-state index contributed by atoms with van der Waals surface area (Å²) in [5.41, 5.74) is 2.26. The molecule has 0 aliphatic rings. The summed E-state index contributed by atoms with van der Waals surface area (Å²) >= 11 is 3.52. The number of ether oxygens (including phenoxy) is 1. The van der Waals surface area contributed by atoms with E-state index in [0.29, 0.717) is 11.3 Å². The molecule has 0 bridgehead atoms. The summed E-state index contributed by atoms with van der Waals surface area (Å²) in [6.07, 6.45) is 3.09. The van der Waals surface area contributed by atoms with Gasteiger partial charge in [-0.1, -0.05) is 34.1 Å². The fourth-order valence-electron chi connectivity index (χ4n) is 1.88. The number of pyridine rings is 1. The molecule has 0 aliphatic heterocycles. The molecule has 4 nitrogen and oxygen atoms in total. The lowest BCUT2D eigenvalue weighted by atomic mass is 10.1. The summed E-state index contributed by atoms with van der Waals surface area (Å²) in [6.45, 7) is 2.01. The molecule has 1 N–H and O–H groups in total. The number of carbonyl (C=O) groups excluding carboxylic acids is 1. The van der Waals surface area contributed by atoms with Crippen LogP contribution in [-0.4, -0.2) is 18.0 Å². The first-order valence-corrected chi connectivity index (χ1v) is 7.07. The maximum absolute atomic E-state index is 12.3. The fraction of sp³-hybridized carbons (Fsp3) is 0.200. The third-order valence-corrected chi connectivity index (χ3v) is 3.38. The van der Waals surface area contributed by atoms with Crippen LogP contribution in [0.15, 0.2) is 42.7 Å². The maximum Gasteiger partial charge on any atom is 0.259 e. The fourth-order valence-corrected chi connectivity index (χ4v) is 2.28. The van der Waals surface area contributed by atoms with E-state index < -0.39 is 0 Å². The first-order valence-electron chi connectivity index (χ1n) is 6.16. The number of methoxy groups -OCH3 is 1. The van der Waals surface area contributed by atoms with Gasteiger partial charge in [0, 0.05) is 16.7 Å². The molecule has 5 heteroatoms. The molecule has 1 amide bonds. The van der Waals surface area contributed by atoms with Crippen LogP contribution in [0, 0.1) is 0 Å². The van der Waals surface area contributed by atoms with Crippen molar-refractivity contribution in [3.63, 3.8) is 0 Å². The minimum atomic E-state index is -0.218. The van der Waals surface area contributed by atoms with Gasteiger partial charge in [-0.05, 0) is 24.6 Å². The Morgan fingerprint density at radius 3 is 2.80 bits per heavy atom. The molecule has 0 radical (unpaired) electrons. The molecule has 1 aromatic carbocycles. The number of aromatic nitrogens is 1. The molecular formula is C15H15BrN2O2. The van der Waals surface area contributed by atoms with E-state index in [1.165, 1.54) is 13.3 Å². The average molecular weight is 335 g/mol. The van der Waals surface area contributed by atoms with Crippen LogP contribution in [0.3, 0.4) is 0 Å². The minimum absolute atomic E-state index is 0.151. The van der Waals surface area contributed by atoms with Gasteiger partial charge in [0.15, 0.2) is 0 Å². The molecule has 1 aromatic heterocycles. The van der Waals surface area contributed by atoms with Crippen molar-refractivity contribution in [3.8, 4) is 5.75 Å². The van der Waals surface area contributed by atoms with Gasteiger partial charge >= 0.3 is 0 Å². The smallest absolute Gasteiger partial charge is 0.259 e. The zero-order chi connectivity index (χ0) is 14.5. The summed E-state index contributed by atoms with van der Waals surface area (Å²) in [5.74, 6) is 0.235. The van der Waals surface area contributed by atoms with Gasteiger partial charge in [-0.25, -0.2) is 0 Å². The number of nitrogens with one attached hydrogen (secondary N) is 1. The van der Waals surface area contributed by atoms with E-state index in [1.807, 2.05) is 31.2 Å². The number of amides is 1. The van der Waals surface area contributed by atoms with Gasteiger partial charge in [0.05, 0.1) is 18.9 Å². The SMILES string of the molecule is COc1cnccc1C(=O)Nc1ccccc1C(C)Br. The topological polar surface area (TPSA) is 51.2 Å². The van der Waals surface area contributed by atoms with Crippen molar-refractivity contribution in [1.29, 1.82) is 0 Å². The minimum Gasteiger partial charge on any atom is -0.494 e. The summed E-state index contributed by atoms with van der Waals surface area (Å²) in [5, 5.41) is 2.91. The molecule has 0 saturated carbocycles. The number of anilines is 1. The Balaban J connectivity index is 2.28. The number of alkyl halides is 1. The highest BCUT2D eigenvalue weighted by atomic mass is 79.9. The molecular weight excluding hydrogens is 320 g/mol. The zero-order valence-corrected chi connectivity index (χ0v) is 12.8. The molecule has 1 atom stereocenters. The van der Waals surface area contributed by atoms with Gasteiger partial charge in [0.2, 0.25) is 0 Å². The monoisotopic (exact) mass is 334 g/mol. The lowest BCUT2D eigenvalue weighted by Gasteiger charge is -2.13. The number of hydrogen-bond donors (Lipinski definition) is 1. The average Bonchev–Trinajstić information content (AvgIpc) is 2.47. The molecule has 104 valence electrons. The van der Waals surface area contributed by atoms with Gasteiger partial charge in [-0.2, -0.15) is 0 Å². The predicted molar refractivity (Wildman–Crippen MR) is 82.5 cm³/mol. The van der Waals surface area contributed by atoms with E-state index in [2.05, 4.69) is 26.2 Å². The summed E-state index contributed by atoms with van der Waals surface area (Å²) < 4.78 is 5.15. The van der Waals surface area contributed by atoms with E-state index in [9.17, 15) is 4.79 Å². The third kappa shape index (κ3) is 3.17. The summed E-state index contributed by atoms with van der Waals surface area (Å²) in [6, 6.07) is 9.31. The van der Waals surface area contributed by atoms with Crippen LogP contribution in [0.4, 0.5) is 5.69 Å². The quantitative estimate of drug-likeness (QED) is 0.865. The van der Waals surface area contributed by atoms with Crippen LogP contribution in [0.5, 0.6) is 5.75 Å². The lowest BCUT2D eigenvalue weighted by Crippen LogP contribution is -2.14. The van der Waals surface area contributed by atoms with E-state index >= 15 is 0 Å². The molecule has 0 spiro atoms. The number of nitrogens with zero attached hydrogens (tertiary/aromatic N) is 1. The molecule has 0 saturated heterocycles. The third-order valence-electron chi connectivity index (χ3n) is 2.89. The van der Waals surface area contributed by atoms with Gasteiger partial charge in [-0.3, -0.25) is 9.78 Å². The second-order valence-electron chi connectivity index (χ2n) is 4.23. The van der Waals surface area contributed by atoms with Crippen molar-refractivity contribution in [3.05, 3.63) is 53.9 Å². The van der Waals surface area contributed by atoms with Crippen molar-refractivity contribution in [2.45, 2.75) is 11.8 Å². The van der Waals surface area contributed by atoms with E-state index in [-0.39, 0.29) is 10.7 Å². The molecule has 2 rings (SSSR count). The Kier molecular flexibility index (Phi) is 4.74. The zero-order valence-electron chi connectivity index (χ0n) is 11.3. The van der Waals surface area contributed by atoms with Crippen LogP contribution in [-0.2, 0) is 0 Å². The Hall–Kier alpha value is -1.88. The maximum atomic E-state index is 12.3. The number of benzene rings is 1. The molecule has 1 heterocycles. The van der Waals surface area contributed by atoms with Crippen LogP contribution >= 0.6 is 15.9 Å². The Morgan fingerprint density at radius 1 is 1.35 bits per heavy atom. The van der Waals surface area contributed by atoms with Crippen molar-refractivity contribution >= 4 is 27.5 Å². The van der Waals surface area contributed by atoms with Crippen LogP contribution in [0.1, 0.15) is 27.7 Å². The number of hydrogen-bond acceptors (Lipinski definition) is 3. The molecule has 0 fully saturated rings. The first kappa shape index (κ1) is 14.5. The molecule has 2 aromatic rings. The lowest BCUT2D eigenvalue weighted by molar-refractivity contribution is 0.102. The number of halogens is 1. The normalized spacial score (nSPS) is 11.8. The largest absolute Gasteiger partial charge is 0.494 e. The Morgan fingerprint density at radius 2 is 2.10 bits per heavy atom. The van der Waals surface area contributed by atoms with Crippen molar-refractivity contribution in [1.82, 2.24) is 4.98 Å². The van der Waals surface area contributed by atoms with Gasteiger partial charge in [0.1, 0.15) is 5.75 Å². The number of para-hydroxylation sites is 1. The number of carbonyl (C=O) groups is 1. The Labute approximate surface area is 126 Å². The highest BCUT2D eigenvalue weighted by molar-refractivity contribution is 9.09. The van der Waals surface area contributed by atoms with Gasteiger partial charge < -0.3 is 10.1 Å². The van der Waals surface area contributed by atoms with Crippen molar-refractivity contribution in [2.75, 3.05) is 12.4 Å². The molecule has 0 aliphatic carbocycles. The second-order valence-corrected chi connectivity index (χ2v) is 5.61. The van der Waals surface area contributed by atoms with Crippen LogP contribution < -0.4 is 10.1 Å². The standard InChI is InChI=1S/C15H15BrN2O2/c1-10(16)11-5-3-4-6-13(11)18-15(19)12-7-8-17-9-14(12)20-2/h3-10H,1-2H3,(H,18,19). The van der Waals surface area contributed by atoms with Crippen molar-refractivity contribution < 1.29 is 9.53 Å². The first-order chi connectivity index (χ1) is 9.63.